The van der Waals surface area contributed by atoms with Crippen LogP contribution in [-0.4, -0.2) is 35.0 Å². The highest BCUT2D eigenvalue weighted by Gasteiger charge is 2.41. The van der Waals surface area contributed by atoms with Crippen LogP contribution >= 0.6 is 11.3 Å². The number of epoxide rings is 1. The van der Waals surface area contributed by atoms with Gasteiger partial charge in [0.25, 0.3) is 0 Å². The molecule has 0 radical (unpaired) electrons. The van der Waals surface area contributed by atoms with E-state index in [0.29, 0.717) is 31.4 Å². The van der Waals surface area contributed by atoms with Crippen LogP contribution in [0.25, 0.3) is 6.08 Å². The average Bonchev–Trinajstić information content (AvgIpc) is 3.25. The summed E-state index contributed by atoms with van der Waals surface area (Å²) in [4.78, 5) is 28.3. The number of hydrogen-bond acceptors (Lipinski definition) is 6. The first-order valence-electron chi connectivity index (χ1n) is 10.2. The molecule has 0 amide bonds. The molecule has 2 saturated heterocycles. The summed E-state index contributed by atoms with van der Waals surface area (Å²) in [5.74, 6) is -0.794. The molecular weight excluding hydrogens is 381 g/mol. The third-order valence-electron chi connectivity index (χ3n) is 5.17. The van der Waals surface area contributed by atoms with Gasteiger partial charge in [0.15, 0.2) is 6.10 Å². The second-order valence-electron chi connectivity index (χ2n) is 7.59. The van der Waals surface area contributed by atoms with Crippen molar-refractivity contribution in [3.05, 3.63) is 21.9 Å². The number of ketones is 1. The van der Waals surface area contributed by atoms with Gasteiger partial charge in [-0.05, 0) is 32.3 Å². The first-order chi connectivity index (χ1) is 13.5. The molecule has 2 aliphatic heterocycles. The fraction of sp³-hybridized carbons (Fsp3) is 0.667. The topological polar surface area (TPSA) is 68.8 Å². The first kappa shape index (κ1) is 21.1. The lowest BCUT2D eigenvalue weighted by molar-refractivity contribution is -0.148. The molecule has 1 aromatic rings. The number of halogens is 1. The molecule has 0 saturated carbocycles. The number of nitrogens with zero attached hydrogens (tertiary/aromatic N) is 1. The fourth-order valence-corrected chi connectivity index (χ4v) is 4.11. The predicted octanol–water partition coefficient (Wildman–Crippen LogP) is 4.92. The SMILES string of the molecule is Cc1nc(C=C(F)C2CC3OC3CCCCCCC(=O)CCCC(=O)O2)cs1. The van der Waals surface area contributed by atoms with Gasteiger partial charge in [0.2, 0.25) is 0 Å². The Hall–Kier alpha value is -1.60. The van der Waals surface area contributed by atoms with Crippen LogP contribution in [0.15, 0.2) is 11.2 Å². The summed E-state index contributed by atoms with van der Waals surface area (Å²) in [5, 5.41) is 2.62. The van der Waals surface area contributed by atoms with E-state index in [1.807, 2.05) is 6.92 Å². The third-order valence-corrected chi connectivity index (χ3v) is 5.96. The Kier molecular flexibility index (Phi) is 7.73. The van der Waals surface area contributed by atoms with Gasteiger partial charge >= 0.3 is 5.97 Å². The number of carbonyl (C=O) groups excluding carboxylic acids is 2. The van der Waals surface area contributed by atoms with Gasteiger partial charge in [-0.2, -0.15) is 0 Å². The number of aryl methyl sites for hydroxylation is 1. The maximum Gasteiger partial charge on any atom is 0.306 e. The summed E-state index contributed by atoms with van der Waals surface area (Å²) < 4.78 is 25.9. The summed E-state index contributed by atoms with van der Waals surface area (Å²) in [7, 11) is 0. The van der Waals surface area contributed by atoms with Crippen molar-refractivity contribution in [2.45, 2.75) is 89.4 Å². The lowest BCUT2D eigenvalue weighted by Crippen LogP contribution is -2.22. The number of esters is 1. The van der Waals surface area contributed by atoms with Gasteiger partial charge in [0.1, 0.15) is 11.6 Å². The van der Waals surface area contributed by atoms with Gasteiger partial charge in [-0.1, -0.05) is 19.3 Å². The van der Waals surface area contributed by atoms with E-state index in [4.69, 9.17) is 9.47 Å². The van der Waals surface area contributed by atoms with Gasteiger partial charge in [-0.3, -0.25) is 9.59 Å². The average molecular weight is 410 g/mol. The molecule has 0 aromatic carbocycles. The Morgan fingerprint density at radius 3 is 2.71 bits per heavy atom. The minimum atomic E-state index is -0.965. The van der Waals surface area contributed by atoms with Crippen LogP contribution in [0, 0.1) is 6.92 Å². The lowest BCUT2D eigenvalue weighted by Gasteiger charge is -2.16. The second kappa shape index (κ2) is 10.3. The number of cyclic esters (lactones) is 1. The van der Waals surface area contributed by atoms with E-state index in [1.165, 1.54) is 17.4 Å². The van der Waals surface area contributed by atoms with Crippen molar-refractivity contribution >= 4 is 29.2 Å². The summed E-state index contributed by atoms with van der Waals surface area (Å²) in [6, 6.07) is 0. The maximum absolute atomic E-state index is 14.8. The summed E-state index contributed by atoms with van der Waals surface area (Å²) in [6.07, 6.45) is 7.26. The Bertz CT molecular complexity index is 717. The van der Waals surface area contributed by atoms with Crippen molar-refractivity contribution in [3.63, 3.8) is 0 Å². The summed E-state index contributed by atoms with van der Waals surface area (Å²) in [5.41, 5.74) is 0.530. The van der Waals surface area contributed by atoms with Crippen molar-refractivity contribution in [2.75, 3.05) is 0 Å². The molecule has 3 unspecified atom stereocenters. The highest BCUT2D eigenvalue weighted by atomic mass is 32.1. The molecule has 2 fully saturated rings. The van der Waals surface area contributed by atoms with Crippen molar-refractivity contribution < 1.29 is 23.5 Å². The van der Waals surface area contributed by atoms with Crippen molar-refractivity contribution in [1.29, 1.82) is 0 Å². The molecule has 0 aliphatic carbocycles. The van der Waals surface area contributed by atoms with Gasteiger partial charge in [0.05, 0.1) is 22.9 Å². The monoisotopic (exact) mass is 409 g/mol. The van der Waals surface area contributed by atoms with Gasteiger partial charge in [-0.25, -0.2) is 9.37 Å². The molecule has 0 N–H and O–H groups in total. The quantitative estimate of drug-likeness (QED) is 0.512. The number of Topliss-reactive ketones (excluding diaryl/α,β-unsaturated/α-hetero) is 1. The van der Waals surface area contributed by atoms with Gasteiger partial charge in [0, 0.05) is 31.1 Å². The minimum Gasteiger partial charge on any atom is -0.455 e. The van der Waals surface area contributed by atoms with Crippen molar-refractivity contribution in [3.8, 4) is 0 Å². The number of carbonyl (C=O) groups is 2. The standard InChI is InChI=1S/C21H28FNO4S/c1-14-23-15(13-28-14)11-17(22)19-12-20-18(26-20)9-5-3-2-4-7-16(24)8-6-10-21(25)27-19/h11,13,18-20H,2-10,12H2,1H3. The van der Waals surface area contributed by atoms with Crippen LogP contribution in [0.2, 0.25) is 0 Å². The zero-order chi connectivity index (χ0) is 19.9. The Morgan fingerprint density at radius 1 is 1.14 bits per heavy atom. The minimum absolute atomic E-state index is 0.0661. The van der Waals surface area contributed by atoms with Crippen LogP contribution < -0.4 is 0 Å². The molecule has 0 spiro atoms. The highest BCUT2D eigenvalue weighted by molar-refractivity contribution is 7.09. The van der Waals surface area contributed by atoms with E-state index >= 15 is 0 Å². The van der Waals surface area contributed by atoms with E-state index in [9.17, 15) is 14.0 Å². The largest absolute Gasteiger partial charge is 0.455 e. The van der Waals surface area contributed by atoms with Crippen LogP contribution in [0.1, 0.15) is 74.9 Å². The van der Waals surface area contributed by atoms with E-state index in [-0.39, 0.29) is 24.4 Å². The molecule has 3 atom stereocenters. The molecule has 154 valence electrons. The molecule has 3 heterocycles. The van der Waals surface area contributed by atoms with Crippen LogP contribution in [-0.2, 0) is 19.1 Å². The number of rotatable bonds is 2. The van der Waals surface area contributed by atoms with Crippen molar-refractivity contribution in [1.82, 2.24) is 4.98 Å². The lowest BCUT2D eigenvalue weighted by atomic mass is 10.0. The number of fused-ring (bicyclic) bond motifs is 1. The zero-order valence-electron chi connectivity index (χ0n) is 16.3. The number of hydrogen-bond donors (Lipinski definition) is 0. The third kappa shape index (κ3) is 6.78. The maximum atomic E-state index is 14.8. The molecule has 2 aliphatic rings. The van der Waals surface area contributed by atoms with E-state index in [2.05, 4.69) is 4.98 Å². The highest BCUT2D eigenvalue weighted by Crippen LogP contribution is 2.34. The summed E-state index contributed by atoms with van der Waals surface area (Å²) in [6.45, 7) is 1.86. The van der Waals surface area contributed by atoms with Crippen LogP contribution in [0.5, 0.6) is 0 Å². The summed E-state index contributed by atoms with van der Waals surface area (Å²) >= 11 is 1.44. The smallest absolute Gasteiger partial charge is 0.306 e. The Labute approximate surface area is 169 Å². The number of ether oxygens (including phenoxy) is 2. The van der Waals surface area contributed by atoms with E-state index in [1.54, 1.807) is 5.38 Å². The predicted molar refractivity (Wildman–Crippen MR) is 106 cm³/mol. The number of aromatic nitrogens is 1. The zero-order valence-corrected chi connectivity index (χ0v) is 17.1. The molecule has 7 heteroatoms. The van der Waals surface area contributed by atoms with Gasteiger partial charge in [-0.15, -0.1) is 11.3 Å². The second-order valence-corrected chi connectivity index (χ2v) is 8.66. The van der Waals surface area contributed by atoms with E-state index < -0.39 is 17.9 Å². The van der Waals surface area contributed by atoms with E-state index in [0.717, 1.165) is 37.1 Å². The molecule has 0 bridgehead atoms. The molecule has 3 rings (SSSR count). The molecular formula is C21H28FNO4S. The fourth-order valence-electron chi connectivity index (χ4n) is 3.54. The Balaban J connectivity index is 1.65. The van der Waals surface area contributed by atoms with Gasteiger partial charge < -0.3 is 9.47 Å². The van der Waals surface area contributed by atoms with Crippen LogP contribution in [0.4, 0.5) is 4.39 Å². The molecule has 28 heavy (non-hydrogen) atoms. The molecule has 1 aromatic heterocycles. The van der Waals surface area contributed by atoms with Crippen molar-refractivity contribution in [2.24, 2.45) is 0 Å². The Morgan fingerprint density at radius 2 is 1.93 bits per heavy atom. The molecule has 5 nitrogen and oxygen atoms in total. The van der Waals surface area contributed by atoms with Crippen LogP contribution in [0.3, 0.4) is 0 Å². The first-order valence-corrected chi connectivity index (χ1v) is 11.0. The number of thiazole rings is 1. The normalized spacial score (nSPS) is 28.5.